The van der Waals surface area contributed by atoms with Gasteiger partial charge in [-0.05, 0) is 36.2 Å². The predicted octanol–water partition coefficient (Wildman–Crippen LogP) is 3.73. The number of nitrogens with zero attached hydrogens (tertiary/aromatic N) is 1. The lowest BCUT2D eigenvalue weighted by atomic mass is 10.1. The van der Waals surface area contributed by atoms with Gasteiger partial charge in [-0.15, -0.1) is 0 Å². The summed E-state index contributed by atoms with van der Waals surface area (Å²) in [4.78, 5) is 16.5. The van der Waals surface area contributed by atoms with Gasteiger partial charge in [0, 0.05) is 12.7 Å². The van der Waals surface area contributed by atoms with Gasteiger partial charge in [0.15, 0.2) is 0 Å². The highest BCUT2D eigenvalue weighted by Crippen LogP contribution is 2.24. The van der Waals surface area contributed by atoms with Gasteiger partial charge in [0.25, 0.3) is 5.91 Å². The van der Waals surface area contributed by atoms with E-state index in [4.69, 9.17) is 4.74 Å². The zero-order valence-corrected chi connectivity index (χ0v) is 14.2. The number of pyridine rings is 1. The molecule has 0 saturated carbocycles. The summed E-state index contributed by atoms with van der Waals surface area (Å²) in [5, 5.41) is 13.0. The van der Waals surface area contributed by atoms with Gasteiger partial charge in [0.2, 0.25) is 0 Å². The van der Waals surface area contributed by atoms with Crippen LogP contribution >= 0.6 is 0 Å². The number of carbonyl (C=O) groups excluding carboxylic acids is 1. The van der Waals surface area contributed by atoms with Gasteiger partial charge in [-0.1, -0.05) is 42.5 Å². The second-order valence-corrected chi connectivity index (χ2v) is 5.76. The third-order valence-electron chi connectivity index (χ3n) is 3.88. The minimum Gasteiger partial charge on any atom is -0.455 e. The molecule has 1 amide bonds. The van der Waals surface area contributed by atoms with E-state index in [1.807, 2.05) is 36.4 Å². The lowest BCUT2D eigenvalue weighted by Gasteiger charge is -2.13. The molecule has 0 radical (unpaired) electrons. The Labute approximate surface area is 152 Å². The Morgan fingerprint density at radius 1 is 1.04 bits per heavy atom. The summed E-state index contributed by atoms with van der Waals surface area (Å²) >= 11 is 0. The molecule has 132 valence electrons. The molecule has 0 fully saturated rings. The average Bonchev–Trinajstić information content (AvgIpc) is 2.69. The number of benzene rings is 2. The molecule has 1 atom stereocenters. The third-order valence-corrected chi connectivity index (χ3v) is 3.88. The van der Waals surface area contributed by atoms with Crippen molar-refractivity contribution >= 4 is 5.91 Å². The average molecular weight is 348 g/mol. The summed E-state index contributed by atoms with van der Waals surface area (Å²) in [5.41, 5.74) is 1.27. The molecule has 1 unspecified atom stereocenters. The van der Waals surface area contributed by atoms with Gasteiger partial charge in [-0.2, -0.15) is 0 Å². The number of hydrogen-bond acceptors (Lipinski definition) is 4. The number of rotatable bonds is 7. The topological polar surface area (TPSA) is 71.5 Å². The van der Waals surface area contributed by atoms with Gasteiger partial charge >= 0.3 is 0 Å². The van der Waals surface area contributed by atoms with Crippen molar-refractivity contribution < 1.29 is 14.6 Å². The summed E-state index contributed by atoms with van der Waals surface area (Å²) in [6.45, 7) is 0.357. The first-order valence-corrected chi connectivity index (χ1v) is 8.42. The van der Waals surface area contributed by atoms with E-state index in [0.29, 0.717) is 30.0 Å². The second kappa shape index (κ2) is 8.78. The van der Waals surface area contributed by atoms with Crippen LogP contribution in [0.25, 0.3) is 0 Å². The number of nitrogens with one attached hydrogen (secondary N) is 1. The molecule has 0 aliphatic carbocycles. The van der Waals surface area contributed by atoms with Crippen molar-refractivity contribution in [2.75, 3.05) is 6.54 Å². The molecule has 2 N–H and O–H groups in total. The summed E-state index contributed by atoms with van der Waals surface area (Å²) < 4.78 is 5.75. The lowest BCUT2D eigenvalue weighted by Crippen LogP contribution is -2.26. The van der Waals surface area contributed by atoms with E-state index in [1.54, 1.807) is 42.7 Å². The molecule has 0 aliphatic rings. The Balaban J connectivity index is 1.60. The van der Waals surface area contributed by atoms with Gasteiger partial charge in [-0.25, -0.2) is 0 Å². The van der Waals surface area contributed by atoms with Crippen LogP contribution in [0.5, 0.6) is 11.5 Å². The molecule has 5 heteroatoms. The highest BCUT2D eigenvalue weighted by Gasteiger charge is 2.13. The van der Waals surface area contributed by atoms with Crippen LogP contribution < -0.4 is 10.1 Å². The van der Waals surface area contributed by atoms with Crippen LogP contribution in [0.2, 0.25) is 0 Å². The molecule has 1 aromatic heterocycles. The maximum atomic E-state index is 12.5. The Morgan fingerprint density at radius 2 is 1.81 bits per heavy atom. The number of para-hydroxylation sites is 1. The smallest absolute Gasteiger partial charge is 0.255 e. The van der Waals surface area contributed by atoms with Crippen LogP contribution in [0.3, 0.4) is 0 Å². The SMILES string of the molecule is O=C(NCCC(O)c1ccccc1)c1ccccc1Oc1cccnc1. The number of hydrogen-bond donors (Lipinski definition) is 2. The Kier molecular flexibility index (Phi) is 5.96. The van der Waals surface area contributed by atoms with E-state index in [0.717, 1.165) is 5.56 Å². The first-order chi connectivity index (χ1) is 12.7. The Morgan fingerprint density at radius 3 is 2.58 bits per heavy atom. The Hall–Kier alpha value is -3.18. The first kappa shape index (κ1) is 17.6. The molecule has 1 heterocycles. The fourth-order valence-electron chi connectivity index (χ4n) is 2.54. The predicted molar refractivity (Wildman–Crippen MR) is 99.1 cm³/mol. The van der Waals surface area contributed by atoms with Gasteiger partial charge < -0.3 is 15.2 Å². The zero-order valence-electron chi connectivity index (χ0n) is 14.2. The van der Waals surface area contributed by atoms with Gasteiger partial charge in [0.1, 0.15) is 11.5 Å². The number of aliphatic hydroxyl groups excluding tert-OH is 1. The van der Waals surface area contributed by atoms with Crippen LogP contribution in [-0.2, 0) is 0 Å². The molecule has 0 bridgehead atoms. The minimum absolute atomic E-state index is 0.246. The van der Waals surface area contributed by atoms with E-state index in [-0.39, 0.29) is 5.91 Å². The summed E-state index contributed by atoms with van der Waals surface area (Å²) in [5.74, 6) is 0.776. The largest absolute Gasteiger partial charge is 0.455 e. The van der Waals surface area contributed by atoms with E-state index in [1.165, 1.54) is 0 Å². The van der Waals surface area contributed by atoms with E-state index < -0.39 is 6.10 Å². The third kappa shape index (κ3) is 4.68. The fraction of sp³-hybridized carbons (Fsp3) is 0.143. The monoisotopic (exact) mass is 348 g/mol. The number of carbonyl (C=O) groups is 1. The zero-order chi connectivity index (χ0) is 18.2. The van der Waals surface area contributed by atoms with Crippen molar-refractivity contribution in [3.63, 3.8) is 0 Å². The van der Waals surface area contributed by atoms with Crippen LogP contribution in [0.4, 0.5) is 0 Å². The highest BCUT2D eigenvalue weighted by atomic mass is 16.5. The number of ether oxygens (including phenoxy) is 1. The molecule has 3 rings (SSSR count). The van der Waals surface area contributed by atoms with E-state index in [2.05, 4.69) is 10.3 Å². The number of aliphatic hydroxyl groups is 1. The van der Waals surface area contributed by atoms with Crippen LogP contribution in [-0.4, -0.2) is 22.5 Å². The molecule has 5 nitrogen and oxygen atoms in total. The van der Waals surface area contributed by atoms with Crippen molar-refractivity contribution in [3.05, 3.63) is 90.3 Å². The van der Waals surface area contributed by atoms with Crippen molar-refractivity contribution in [3.8, 4) is 11.5 Å². The molecule has 3 aromatic rings. The summed E-state index contributed by atoms with van der Waals surface area (Å²) in [6.07, 6.45) is 3.06. The fourth-order valence-corrected chi connectivity index (χ4v) is 2.54. The molecule has 26 heavy (non-hydrogen) atoms. The van der Waals surface area contributed by atoms with Gasteiger partial charge in [-0.3, -0.25) is 9.78 Å². The first-order valence-electron chi connectivity index (χ1n) is 8.42. The standard InChI is InChI=1S/C21H20N2O3/c24-19(16-7-2-1-3-8-16)12-14-23-21(25)18-10-4-5-11-20(18)26-17-9-6-13-22-15-17/h1-11,13,15,19,24H,12,14H2,(H,23,25). The molecule has 2 aromatic carbocycles. The van der Waals surface area contributed by atoms with Crippen molar-refractivity contribution in [2.45, 2.75) is 12.5 Å². The summed E-state index contributed by atoms with van der Waals surface area (Å²) in [7, 11) is 0. The van der Waals surface area contributed by atoms with Gasteiger partial charge in [0.05, 0.1) is 17.9 Å². The van der Waals surface area contributed by atoms with Crippen molar-refractivity contribution in [1.29, 1.82) is 0 Å². The van der Waals surface area contributed by atoms with E-state index in [9.17, 15) is 9.90 Å². The normalized spacial score (nSPS) is 11.6. The van der Waals surface area contributed by atoms with Crippen molar-refractivity contribution in [2.24, 2.45) is 0 Å². The maximum Gasteiger partial charge on any atom is 0.255 e. The van der Waals surface area contributed by atoms with Crippen molar-refractivity contribution in [1.82, 2.24) is 10.3 Å². The maximum absolute atomic E-state index is 12.5. The van der Waals surface area contributed by atoms with Crippen LogP contribution in [0, 0.1) is 0 Å². The molecular weight excluding hydrogens is 328 g/mol. The van der Waals surface area contributed by atoms with E-state index >= 15 is 0 Å². The second-order valence-electron chi connectivity index (χ2n) is 5.76. The van der Waals surface area contributed by atoms with Crippen LogP contribution in [0.15, 0.2) is 79.1 Å². The number of amides is 1. The molecule has 0 spiro atoms. The molecular formula is C21H20N2O3. The quantitative estimate of drug-likeness (QED) is 0.682. The molecule has 0 aliphatic heterocycles. The Bertz CT molecular complexity index is 838. The highest BCUT2D eigenvalue weighted by molar-refractivity contribution is 5.97. The lowest BCUT2D eigenvalue weighted by molar-refractivity contribution is 0.0940. The minimum atomic E-state index is -0.613. The summed E-state index contributed by atoms with van der Waals surface area (Å²) in [6, 6.07) is 20.0. The van der Waals surface area contributed by atoms with Crippen LogP contribution in [0.1, 0.15) is 28.4 Å². The molecule has 0 saturated heterocycles. The number of aromatic nitrogens is 1.